The Labute approximate surface area is 117 Å². The van der Waals surface area contributed by atoms with Crippen LogP contribution >= 0.6 is 0 Å². The lowest BCUT2D eigenvalue weighted by molar-refractivity contribution is -0.144. The number of likely N-dealkylation sites (tertiary alicyclic amines) is 1. The zero-order chi connectivity index (χ0) is 14.3. The first-order chi connectivity index (χ1) is 9.08. The highest BCUT2D eigenvalue weighted by atomic mass is 16.5. The van der Waals surface area contributed by atoms with Crippen molar-refractivity contribution >= 4 is 11.7 Å². The summed E-state index contributed by atoms with van der Waals surface area (Å²) in [5.41, 5.74) is 1.19. The Hall–Kier alpha value is -0.900. The second-order valence-corrected chi connectivity index (χ2v) is 5.44. The van der Waals surface area contributed by atoms with Crippen molar-refractivity contribution < 1.29 is 9.53 Å². The normalized spacial score (nSPS) is 24.4. The van der Waals surface area contributed by atoms with Gasteiger partial charge in [0.2, 0.25) is 0 Å². The molecule has 2 unspecified atom stereocenters. The van der Waals surface area contributed by atoms with Gasteiger partial charge in [0, 0.05) is 24.7 Å². The quantitative estimate of drug-likeness (QED) is 0.695. The number of rotatable bonds is 6. The smallest absolute Gasteiger partial charge is 0.330 e. The van der Waals surface area contributed by atoms with Crippen LogP contribution in [-0.4, -0.2) is 49.4 Å². The van der Waals surface area contributed by atoms with Crippen LogP contribution in [0.5, 0.6) is 0 Å². The summed E-state index contributed by atoms with van der Waals surface area (Å²) in [6.07, 6.45) is 3.88. The monoisotopic (exact) mass is 268 g/mol. The molecule has 0 radical (unpaired) electrons. The van der Waals surface area contributed by atoms with Gasteiger partial charge >= 0.3 is 5.97 Å². The number of esters is 1. The van der Waals surface area contributed by atoms with Crippen molar-refractivity contribution in [3.63, 3.8) is 0 Å². The van der Waals surface area contributed by atoms with Crippen molar-refractivity contribution in [2.45, 2.75) is 52.5 Å². The fraction of sp³-hybridized carbons (Fsp3) is 0.867. The largest absolute Gasteiger partial charge is 0.464 e. The van der Waals surface area contributed by atoms with Gasteiger partial charge in [-0.25, -0.2) is 4.79 Å². The number of carbonyl (C=O) groups excluding carboxylic acids is 1. The summed E-state index contributed by atoms with van der Waals surface area (Å²) in [5.74, 6) is 0.284. The molecule has 2 atom stereocenters. The van der Waals surface area contributed by atoms with E-state index in [-0.39, 0.29) is 12.0 Å². The molecular formula is C15H28N2O2. The minimum absolute atomic E-state index is 0.158. The third kappa shape index (κ3) is 5.31. The number of ether oxygens (including phenoxy) is 1. The van der Waals surface area contributed by atoms with E-state index in [0.717, 1.165) is 38.8 Å². The first-order valence-corrected chi connectivity index (χ1v) is 7.50. The molecule has 1 aliphatic rings. The second kappa shape index (κ2) is 8.31. The summed E-state index contributed by atoms with van der Waals surface area (Å²) in [6, 6.07) is -0.291. The Kier molecular flexibility index (Phi) is 7.06. The number of hydrogen-bond donors (Lipinski definition) is 0. The van der Waals surface area contributed by atoms with Gasteiger partial charge in [-0.2, -0.15) is 0 Å². The molecule has 4 heteroatoms. The standard InChI is InChI=1S/C15H28N2O2/c1-5-7-8-14(15(18)19-6-2)16-13-9-10-17(4)11-12(13)3/h12,14H,5-11H2,1-4H3. The minimum Gasteiger partial charge on any atom is -0.464 e. The van der Waals surface area contributed by atoms with E-state index in [2.05, 4.69) is 25.8 Å². The second-order valence-electron chi connectivity index (χ2n) is 5.44. The molecule has 0 aromatic rings. The minimum atomic E-state index is -0.291. The molecule has 0 aliphatic carbocycles. The van der Waals surface area contributed by atoms with Gasteiger partial charge in [0.15, 0.2) is 0 Å². The molecule has 19 heavy (non-hydrogen) atoms. The summed E-state index contributed by atoms with van der Waals surface area (Å²) in [6.45, 7) is 8.67. The van der Waals surface area contributed by atoms with Gasteiger partial charge in [-0.15, -0.1) is 0 Å². The highest BCUT2D eigenvalue weighted by Crippen LogP contribution is 2.16. The van der Waals surface area contributed by atoms with E-state index in [1.807, 2.05) is 6.92 Å². The predicted octanol–water partition coefficient (Wildman–Crippen LogP) is 2.52. The molecule has 1 rings (SSSR count). The Bertz CT molecular complexity index is 315. The molecule has 110 valence electrons. The van der Waals surface area contributed by atoms with E-state index in [0.29, 0.717) is 12.5 Å². The number of carbonyl (C=O) groups is 1. The predicted molar refractivity (Wildman–Crippen MR) is 78.7 cm³/mol. The highest BCUT2D eigenvalue weighted by molar-refractivity contribution is 5.90. The molecule has 1 saturated heterocycles. The Balaban J connectivity index is 2.71. The maximum atomic E-state index is 12.0. The van der Waals surface area contributed by atoms with E-state index in [1.165, 1.54) is 5.71 Å². The molecule has 1 fully saturated rings. The van der Waals surface area contributed by atoms with Crippen LogP contribution in [0, 0.1) is 5.92 Å². The molecule has 0 spiro atoms. The zero-order valence-corrected chi connectivity index (χ0v) is 12.8. The summed E-state index contributed by atoms with van der Waals surface area (Å²) >= 11 is 0. The lowest BCUT2D eigenvalue weighted by Gasteiger charge is -2.29. The molecular weight excluding hydrogens is 240 g/mol. The van der Waals surface area contributed by atoms with E-state index in [4.69, 9.17) is 9.73 Å². The molecule has 0 aromatic carbocycles. The fourth-order valence-corrected chi connectivity index (χ4v) is 2.48. The maximum absolute atomic E-state index is 12.0. The van der Waals surface area contributed by atoms with Gasteiger partial charge in [0.05, 0.1) is 6.61 Å². The third-order valence-electron chi connectivity index (χ3n) is 3.62. The van der Waals surface area contributed by atoms with Crippen LogP contribution in [0.4, 0.5) is 0 Å². The van der Waals surface area contributed by atoms with Crippen LogP contribution in [0.3, 0.4) is 0 Å². The number of unbranched alkanes of at least 4 members (excludes halogenated alkanes) is 1. The first-order valence-electron chi connectivity index (χ1n) is 7.50. The molecule has 4 nitrogen and oxygen atoms in total. The molecule has 0 bridgehead atoms. The lowest BCUT2D eigenvalue weighted by atomic mass is 9.97. The number of nitrogens with zero attached hydrogens (tertiary/aromatic N) is 2. The molecule has 0 amide bonds. The Morgan fingerprint density at radius 1 is 1.53 bits per heavy atom. The average Bonchev–Trinajstić information content (AvgIpc) is 2.37. The van der Waals surface area contributed by atoms with Gasteiger partial charge in [-0.3, -0.25) is 4.99 Å². The molecule has 0 saturated carbocycles. The molecule has 1 aliphatic heterocycles. The highest BCUT2D eigenvalue weighted by Gasteiger charge is 2.24. The lowest BCUT2D eigenvalue weighted by Crippen LogP contribution is -2.38. The fourth-order valence-electron chi connectivity index (χ4n) is 2.48. The van der Waals surface area contributed by atoms with E-state index < -0.39 is 0 Å². The van der Waals surface area contributed by atoms with Gasteiger partial charge < -0.3 is 9.64 Å². The number of aliphatic imine (C=N–C) groups is 1. The van der Waals surface area contributed by atoms with Crippen molar-refractivity contribution in [2.75, 3.05) is 26.7 Å². The van der Waals surface area contributed by atoms with Crippen LogP contribution in [0.2, 0.25) is 0 Å². The van der Waals surface area contributed by atoms with Gasteiger partial charge in [-0.1, -0.05) is 26.7 Å². The van der Waals surface area contributed by atoms with Crippen LogP contribution in [0.25, 0.3) is 0 Å². The van der Waals surface area contributed by atoms with Gasteiger partial charge in [0.25, 0.3) is 0 Å². The van der Waals surface area contributed by atoms with Crippen molar-refractivity contribution in [3.8, 4) is 0 Å². The van der Waals surface area contributed by atoms with Crippen LogP contribution < -0.4 is 0 Å². The van der Waals surface area contributed by atoms with Crippen molar-refractivity contribution in [1.29, 1.82) is 0 Å². The maximum Gasteiger partial charge on any atom is 0.330 e. The number of piperidine rings is 1. The van der Waals surface area contributed by atoms with Crippen LogP contribution in [0.15, 0.2) is 4.99 Å². The summed E-state index contributed by atoms with van der Waals surface area (Å²) in [4.78, 5) is 19.0. The topological polar surface area (TPSA) is 41.9 Å². The SMILES string of the molecule is CCCCC(N=C1CCN(C)CC1C)C(=O)OCC. The van der Waals surface area contributed by atoms with Crippen molar-refractivity contribution in [2.24, 2.45) is 10.9 Å². The average molecular weight is 268 g/mol. The summed E-state index contributed by atoms with van der Waals surface area (Å²) in [5, 5.41) is 0. The first kappa shape index (κ1) is 16.2. The molecule has 0 N–H and O–H groups in total. The number of hydrogen-bond acceptors (Lipinski definition) is 4. The van der Waals surface area contributed by atoms with Gasteiger partial charge in [0.1, 0.15) is 6.04 Å². The van der Waals surface area contributed by atoms with Crippen LogP contribution in [-0.2, 0) is 9.53 Å². The zero-order valence-electron chi connectivity index (χ0n) is 12.8. The van der Waals surface area contributed by atoms with E-state index in [1.54, 1.807) is 0 Å². The summed E-state index contributed by atoms with van der Waals surface area (Å²) in [7, 11) is 2.13. The van der Waals surface area contributed by atoms with Gasteiger partial charge in [-0.05, 0) is 26.8 Å². The molecule has 1 heterocycles. The summed E-state index contributed by atoms with van der Waals surface area (Å²) < 4.78 is 5.14. The molecule has 0 aromatic heterocycles. The van der Waals surface area contributed by atoms with Crippen molar-refractivity contribution in [1.82, 2.24) is 4.90 Å². The van der Waals surface area contributed by atoms with E-state index >= 15 is 0 Å². The Morgan fingerprint density at radius 3 is 2.84 bits per heavy atom. The van der Waals surface area contributed by atoms with E-state index in [9.17, 15) is 4.79 Å². The Morgan fingerprint density at radius 2 is 2.26 bits per heavy atom. The van der Waals surface area contributed by atoms with Crippen LogP contribution in [0.1, 0.15) is 46.5 Å². The third-order valence-corrected chi connectivity index (χ3v) is 3.62. The van der Waals surface area contributed by atoms with Crippen molar-refractivity contribution in [3.05, 3.63) is 0 Å².